The number of nitrogens with one attached hydrogen (secondary N) is 1. The number of hydrogen-bond acceptors (Lipinski definition) is 3. The highest BCUT2D eigenvalue weighted by molar-refractivity contribution is 7.11. The molecule has 0 bridgehead atoms. The van der Waals surface area contributed by atoms with E-state index in [1.165, 1.54) is 22.6 Å². The largest absolute Gasteiger partial charge is 0.488 e. The first kappa shape index (κ1) is 14.9. The summed E-state index contributed by atoms with van der Waals surface area (Å²) < 4.78 is 5.89. The molecule has 0 spiro atoms. The minimum atomic E-state index is 0.620. The average molecular weight is 322 g/mol. The van der Waals surface area contributed by atoms with E-state index in [9.17, 15) is 0 Å². The molecule has 0 saturated heterocycles. The molecule has 1 aromatic heterocycles. The molecule has 0 radical (unpaired) electrons. The molecular formula is C17H20ClNOS. The van der Waals surface area contributed by atoms with Crippen LogP contribution < -0.4 is 10.1 Å². The van der Waals surface area contributed by atoms with Crippen LogP contribution in [0.3, 0.4) is 0 Å². The van der Waals surface area contributed by atoms with E-state index in [-0.39, 0.29) is 0 Å². The lowest BCUT2D eigenvalue weighted by Crippen LogP contribution is -2.14. The molecule has 0 amide bonds. The molecular weight excluding hydrogens is 302 g/mol. The molecule has 0 unspecified atom stereocenters. The van der Waals surface area contributed by atoms with Crippen molar-refractivity contribution in [3.05, 3.63) is 50.2 Å². The fourth-order valence-corrected chi connectivity index (χ4v) is 3.26. The summed E-state index contributed by atoms with van der Waals surface area (Å²) in [6, 6.07) is 9.10. The Labute approximate surface area is 135 Å². The van der Waals surface area contributed by atoms with Gasteiger partial charge in [0.25, 0.3) is 0 Å². The molecule has 112 valence electrons. The first-order valence-electron chi connectivity index (χ1n) is 7.32. The number of hydrogen-bond donors (Lipinski definition) is 1. The zero-order valence-corrected chi connectivity index (χ0v) is 14.0. The molecule has 2 nitrogen and oxygen atoms in total. The van der Waals surface area contributed by atoms with Crippen LogP contribution >= 0.6 is 22.9 Å². The minimum absolute atomic E-state index is 0.620. The Hall–Kier alpha value is -1.03. The third-order valence-electron chi connectivity index (χ3n) is 3.65. The third kappa shape index (κ3) is 4.00. The molecule has 3 rings (SSSR count). The Morgan fingerprint density at radius 2 is 1.86 bits per heavy atom. The summed E-state index contributed by atoms with van der Waals surface area (Å²) in [6.07, 6.45) is 2.66. The number of halogens is 1. The number of thiophene rings is 1. The minimum Gasteiger partial charge on any atom is -0.488 e. The van der Waals surface area contributed by atoms with Crippen molar-refractivity contribution < 1.29 is 4.74 Å². The van der Waals surface area contributed by atoms with Crippen LogP contribution in [0.1, 0.15) is 33.7 Å². The maximum atomic E-state index is 6.18. The molecule has 1 saturated carbocycles. The lowest BCUT2D eigenvalue weighted by molar-refractivity contribution is 0.309. The smallest absolute Gasteiger partial charge is 0.122 e. The highest BCUT2D eigenvalue weighted by Crippen LogP contribution is 2.27. The van der Waals surface area contributed by atoms with Crippen molar-refractivity contribution in [2.45, 2.75) is 45.9 Å². The molecule has 1 heterocycles. The summed E-state index contributed by atoms with van der Waals surface area (Å²) in [5.74, 6) is 0.889. The first-order chi connectivity index (χ1) is 10.1. The van der Waals surface area contributed by atoms with E-state index in [2.05, 4.69) is 17.4 Å². The fourth-order valence-electron chi connectivity index (χ4n) is 2.27. The average Bonchev–Trinajstić information content (AvgIpc) is 3.18. The number of ether oxygens (including phenoxy) is 1. The van der Waals surface area contributed by atoms with Crippen molar-refractivity contribution in [2.24, 2.45) is 0 Å². The van der Waals surface area contributed by atoms with Crippen molar-refractivity contribution >= 4 is 22.9 Å². The van der Waals surface area contributed by atoms with E-state index < -0.39 is 0 Å². The normalized spacial score (nSPS) is 14.4. The van der Waals surface area contributed by atoms with Crippen LogP contribution in [0.2, 0.25) is 5.02 Å². The summed E-state index contributed by atoms with van der Waals surface area (Å²) in [6.45, 7) is 5.62. The second kappa shape index (κ2) is 6.39. The molecule has 4 heteroatoms. The predicted octanol–water partition coefficient (Wildman–Crippen LogP) is 4.85. The zero-order valence-electron chi connectivity index (χ0n) is 12.4. The topological polar surface area (TPSA) is 21.3 Å². The van der Waals surface area contributed by atoms with Crippen LogP contribution in [0.4, 0.5) is 0 Å². The van der Waals surface area contributed by atoms with Crippen LogP contribution in [-0.4, -0.2) is 6.04 Å². The van der Waals surface area contributed by atoms with Crippen LogP contribution in [0.25, 0.3) is 0 Å². The Balaban J connectivity index is 1.56. The number of benzene rings is 1. The highest BCUT2D eigenvalue weighted by Gasteiger charge is 2.20. The van der Waals surface area contributed by atoms with E-state index in [0.29, 0.717) is 6.61 Å². The SMILES string of the molecule is Cc1cc(OCc2ccc(CNC3CC3)s2)cc(C)c1Cl. The summed E-state index contributed by atoms with van der Waals surface area (Å²) in [4.78, 5) is 2.64. The van der Waals surface area contributed by atoms with Gasteiger partial charge in [-0.25, -0.2) is 0 Å². The van der Waals surface area contributed by atoms with Gasteiger partial charge < -0.3 is 10.1 Å². The Kier molecular flexibility index (Phi) is 4.53. The summed E-state index contributed by atoms with van der Waals surface area (Å²) in [7, 11) is 0. The van der Waals surface area contributed by atoms with Crippen molar-refractivity contribution in [3.8, 4) is 5.75 Å². The van der Waals surface area contributed by atoms with Crippen molar-refractivity contribution in [1.29, 1.82) is 0 Å². The van der Waals surface area contributed by atoms with Gasteiger partial charge in [0, 0.05) is 27.4 Å². The van der Waals surface area contributed by atoms with Gasteiger partial charge in [-0.3, -0.25) is 0 Å². The van der Waals surface area contributed by atoms with E-state index in [4.69, 9.17) is 16.3 Å². The maximum Gasteiger partial charge on any atom is 0.122 e. The van der Waals surface area contributed by atoms with Gasteiger partial charge in [-0.2, -0.15) is 0 Å². The number of aryl methyl sites for hydroxylation is 2. The molecule has 21 heavy (non-hydrogen) atoms. The molecule has 1 aromatic carbocycles. The maximum absolute atomic E-state index is 6.18. The molecule has 1 aliphatic carbocycles. The van der Waals surface area contributed by atoms with Gasteiger partial charge in [-0.1, -0.05) is 11.6 Å². The fraction of sp³-hybridized carbons (Fsp3) is 0.412. The monoisotopic (exact) mass is 321 g/mol. The summed E-state index contributed by atoms with van der Waals surface area (Å²) in [5.41, 5.74) is 2.12. The molecule has 1 aliphatic rings. The molecule has 0 aliphatic heterocycles. The van der Waals surface area contributed by atoms with Crippen molar-refractivity contribution in [3.63, 3.8) is 0 Å². The molecule has 2 aromatic rings. The molecule has 1 N–H and O–H groups in total. The van der Waals surface area contributed by atoms with Crippen LogP contribution in [0.15, 0.2) is 24.3 Å². The van der Waals surface area contributed by atoms with Crippen LogP contribution in [-0.2, 0) is 13.2 Å². The van der Waals surface area contributed by atoms with Gasteiger partial charge in [0.15, 0.2) is 0 Å². The third-order valence-corrected chi connectivity index (χ3v) is 5.31. The lowest BCUT2D eigenvalue weighted by Gasteiger charge is -2.09. The van der Waals surface area contributed by atoms with E-state index in [0.717, 1.165) is 34.5 Å². The van der Waals surface area contributed by atoms with Crippen LogP contribution in [0, 0.1) is 13.8 Å². The molecule has 0 atom stereocenters. The van der Waals surface area contributed by atoms with E-state index in [1.807, 2.05) is 37.3 Å². The van der Waals surface area contributed by atoms with Gasteiger partial charge in [0.05, 0.1) is 0 Å². The Bertz CT molecular complexity index is 610. The van der Waals surface area contributed by atoms with Gasteiger partial charge in [-0.15, -0.1) is 11.3 Å². The quantitative estimate of drug-likeness (QED) is 0.821. The second-order valence-corrected chi connectivity index (χ2v) is 7.31. The second-order valence-electron chi connectivity index (χ2n) is 5.68. The highest BCUT2D eigenvalue weighted by atomic mass is 35.5. The standard InChI is InChI=1S/C17H20ClNOS/c1-11-7-14(8-12(2)17(11)18)20-10-16-6-5-15(21-16)9-19-13-3-4-13/h5-8,13,19H,3-4,9-10H2,1-2H3. The zero-order chi connectivity index (χ0) is 14.8. The van der Waals surface area contributed by atoms with Crippen LogP contribution in [0.5, 0.6) is 5.75 Å². The van der Waals surface area contributed by atoms with E-state index in [1.54, 1.807) is 0 Å². The number of rotatable bonds is 6. The van der Waals surface area contributed by atoms with E-state index >= 15 is 0 Å². The molecule has 1 fully saturated rings. The van der Waals surface area contributed by atoms with Crippen molar-refractivity contribution in [1.82, 2.24) is 5.32 Å². The van der Waals surface area contributed by atoms with Gasteiger partial charge in [-0.05, 0) is 62.1 Å². The van der Waals surface area contributed by atoms with Gasteiger partial charge in [0.2, 0.25) is 0 Å². The lowest BCUT2D eigenvalue weighted by atomic mass is 10.1. The Morgan fingerprint density at radius 3 is 2.52 bits per heavy atom. The Morgan fingerprint density at radius 1 is 1.19 bits per heavy atom. The predicted molar refractivity (Wildman–Crippen MR) is 89.4 cm³/mol. The van der Waals surface area contributed by atoms with Gasteiger partial charge in [0.1, 0.15) is 12.4 Å². The van der Waals surface area contributed by atoms with Crippen molar-refractivity contribution in [2.75, 3.05) is 0 Å². The first-order valence-corrected chi connectivity index (χ1v) is 8.52. The summed E-state index contributed by atoms with van der Waals surface area (Å²) >= 11 is 7.99. The summed E-state index contributed by atoms with van der Waals surface area (Å²) in [5, 5.41) is 4.36. The van der Waals surface area contributed by atoms with Gasteiger partial charge >= 0.3 is 0 Å².